The number of nitrogens with zero attached hydrogens (tertiary/aromatic N) is 2. The van der Waals surface area contributed by atoms with Crippen molar-refractivity contribution in [2.45, 2.75) is 45.4 Å². The Hall–Kier alpha value is -1.36. The zero-order chi connectivity index (χ0) is 14.4. The molecule has 1 aliphatic rings. The van der Waals surface area contributed by atoms with Crippen LogP contribution in [0.15, 0.2) is 6.07 Å². The van der Waals surface area contributed by atoms with Crippen LogP contribution in [-0.4, -0.2) is 35.3 Å². The van der Waals surface area contributed by atoms with Gasteiger partial charge in [-0.25, -0.2) is 9.97 Å². The molecule has 5 heteroatoms. The summed E-state index contributed by atoms with van der Waals surface area (Å²) in [5.74, 6) is 2.52. The van der Waals surface area contributed by atoms with E-state index >= 15 is 0 Å². The van der Waals surface area contributed by atoms with E-state index in [2.05, 4.69) is 27.5 Å². The first-order valence-corrected chi connectivity index (χ1v) is 7.62. The Balaban J connectivity index is 2.05. The maximum atomic E-state index is 9.74. The van der Waals surface area contributed by atoms with Gasteiger partial charge in [0, 0.05) is 31.5 Å². The first-order valence-electron chi connectivity index (χ1n) is 7.62. The summed E-state index contributed by atoms with van der Waals surface area (Å²) >= 11 is 0. The van der Waals surface area contributed by atoms with E-state index in [9.17, 15) is 5.11 Å². The number of aryl methyl sites for hydroxylation is 1. The molecule has 1 heterocycles. The Morgan fingerprint density at radius 2 is 1.90 bits per heavy atom. The van der Waals surface area contributed by atoms with Crippen molar-refractivity contribution in [2.75, 3.05) is 30.8 Å². The van der Waals surface area contributed by atoms with E-state index in [1.165, 1.54) is 19.3 Å². The lowest BCUT2D eigenvalue weighted by Crippen LogP contribution is -2.35. The van der Waals surface area contributed by atoms with Crippen LogP contribution < -0.4 is 10.6 Å². The molecule has 5 nitrogen and oxygen atoms in total. The molecule has 1 aromatic heterocycles. The lowest BCUT2D eigenvalue weighted by atomic mass is 9.74. The fraction of sp³-hybridized carbons (Fsp3) is 0.733. The SMILES string of the molecule is CCc1nc(NC)cc(NCC2(CO)CCCCC2)n1. The van der Waals surface area contributed by atoms with Crippen LogP contribution in [0.5, 0.6) is 0 Å². The van der Waals surface area contributed by atoms with Gasteiger partial charge < -0.3 is 15.7 Å². The van der Waals surface area contributed by atoms with Crippen molar-refractivity contribution in [1.29, 1.82) is 0 Å². The molecule has 0 bridgehead atoms. The molecule has 2 rings (SSSR count). The minimum atomic E-state index is 0.0232. The Labute approximate surface area is 121 Å². The van der Waals surface area contributed by atoms with Gasteiger partial charge in [-0.05, 0) is 12.8 Å². The molecular weight excluding hydrogens is 252 g/mol. The van der Waals surface area contributed by atoms with Gasteiger partial charge in [0.25, 0.3) is 0 Å². The fourth-order valence-corrected chi connectivity index (χ4v) is 2.84. The summed E-state index contributed by atoms with van der Waals surface area (Å²) in [6.45, 7) is 3.09. The van der Waals surface area contributed by atoms with E-state index in [-0.39, 0.29) is 12.0 Å². The zero-order valence-corrected chi connectivity index (χ0v) is 12.6. The molecule has 0 spiro atoms. The second kappa shape index (κ2) is 6.88. The zero-order valence-electron chi connectivity index (χ0n) is 12.6. The number of nitrogens with one attached hydrogen (secondary N) is 2. The molecule has 1 saturated carbocycles. The van der Waals surface area contributed by atoms with Crippen molar-refractivity contribution >= 4 is 11.6 Å². The van der Waals surface area contributed by atoms with Gasteiger partial charge in [-0.1, -0.05) is 26.2 Å². The smallest absolute Gasteiger partial charge is 0.132 e. The molecule has 0 aromatic carbocycles. The fourth-order valence-electron chi connectivity index (χ4n) is 2.84. The summed E-state index contributed by atoms with van der Waals surface area (Å²) in [6, 6.07) is 1.92. The van der Waals surface area contributed by atoms with Gasteiger partial charge in [0.15, 0.2) is 0 Å². The van der Waals surface area contributed by atoms with Crippen molar-refractivity contribution in [3.63, 3.8) is 0 Å². The van der Waals surface area contributed by atoms with Crippen LogP contribution in [0.1, 0.15) is 44.9 Å². The van der Waals surface area contributed by atoms with Crippen molar-refractivity contribution in [3.8, 4) is 0 Å². The third kappa shape index (κ3) is 3.60. The Morgan fingerprint density at radius 1 is 1.20 bits per heavy atom. The minimum Gasteiger partial charge on any atom is -0.396 e. The average Bonchev–Trinajstić information content (AvgIpc) is 2.53. The lowest BCUT2D eigenvalue weighted by Gasteiger charge is -2.35. The number of aliphatic hydroxyl groups is 1. The number of hydrogen-bond acceptors (Lipinski definition) is 5. The summed E-state index contributed by atoms with van der Waals surface area (Å²) < 4.78 is 0. The molecule has 1 fully saturated rings. The van der Waals surface area contributed by atoms with Gasteiger partial charge in [0.2, 0.25) is 0 Å². The molecule has 3 N–H and O–H groups in total. The second-order valence-electron chi connectivity index (χ2n) is 5.73. The summed E-state index contributed by atoms with van der Waals surface area (Å²) in [6.07, 6.45) is 6.73. The summed E-state index contributed by atoms with van der Waals surface area (Å²) in [4.78, 5) is 8.90. The lowest BCUT2D eigenvalue weighted by molar-refractivity contribution is 0.0943. The van der Waals surface area contributed by atoms with Crippen LogP contribution in [0.3, 0.4) is 0 Å². The molecule has 0 amide bonds. The van der Waals surface area contributed by atoms with Crippen LogP contribution in [0.4, 0.5) is 11.6 Å². The Morgan fingerprint density at radius 3 is 2.50 bits per heavy atom. The topological polar surface area (TPSA) is 70.1 Å². The van der Waals surface area contributed by atoms with E-state index in [1.807, 2.05) is 13.1 Å². The third-order valence-electron chi connectivity index (χ3n) is 4.24. The third-order valence-corrected chi connectivity index (χ3v) is 4.24. The number of anilines is 2. The van der Waals surface area contributed by atoms with E-state index in [4.69, 9.17) is 0 Å². The number of aromatic nitrogens is 2. The summed E-state index contributed by atoms with van der Waals surface area (Å²) in [7, 11) is 1.86. The molecule has 0 atom stereocenters. The number of hydrogen-bond donors (Lipinski definition) is 3. The molecular formula is C15H26N4O. The Kier molecular flexibility index (Phi) is 5.17. The van der Waals surface area contributed by atoms with Gasteiger partial charge in [-0.2, -0.15) is 0 Å². The summed E-state index contributed by atoms with van der Waals surface area (Å²) in [5, 5.41) is 16.2. The number of rotatable bonds is 6. The second-order valence-corrected chi connectivity index (χ2v) is 5.73. The minimum absolute atomic E-state index is 0.0232. The monoisotopic (exact) mass is 278 g/mol. The maximum Gasteiger partial charge on any atom is 0.132 e. The predicted molar refractivity (Wildman–Crippen MR) is 82.1 cm³/mol. The number of aliphatic hydroxyl groups excluding tert-OH is 1. The highest BCUT2D eigenvalue weighted by molar-refractivity contribution is 5.47. The standard InChI is InChI=1S/C15H26N4O/c1-3-12-18-13(16-2)9-14(19-12)17-10-15(11-20)7-5-4-6-8-15/h9,20H,3-8,10-11H2,1-2H3,(H2,16,17,18,19). The van der Waals surface area contributed by atoms with Crippen molar-refractivity contribution in [3.05, 3.63) is 11.9 Å². The molecule has 0 unspecified atom stereocenters. The normalized spacial score (nSPS) is 17.8. The Bertz CT molecular complexity index is 408. The highest BCUT2D eigenvalue weighted by Crippen LogP contribution is 2.35. The molecule has 0 radical (unpaired) electrons. The van der Waals surface area contributed by atoms with Gasteiger partial charge in [0.1, 0.15) is 17.5 Å². The van der Waals surface area contributed by atoms with Gasteiger partial charge in [0.05, 0.1) is 6.61 Å². The van der Waals surface area contributed by atoms with E-state index in [0.717, 1.165) is 43.3 Å². The molecule has 1 aliphatic carbocycles. The maximum absolute atomic E-state index is 9.74. The van der Waals surface area contributed by atoms with E-state index in [0.29, 0.717) is 0 Å². The molecule has 1 aromatic rings. The van der Waals surface area contributed by atoms with Gasteiger partial charge in [-0.15, -0.1) is 0 Å². The molecule has 0 saturated heterocycles. The molecule has 112 valence electrons. The van der Waals surface area contributed by atoms with E-state index < -0.39 is 0 Å². The van der Waals surface area contributed by atoms with Crippen LogP contribution in [0.2, 0.25) is 0 Å². The highest BCUT2D eigenvalue weighted by atomic mass is 16.3. The van der Waals surface area contributed by atoms with Crippen LogP contribution in [0.25, 0.3) is 0 Å². The van der Waals surface area contributed by atoms with Crippen molar-refractivity contribution < 1.29 is 5.11 Å². The predicted octanol–water partition coefficient (Wildman–Crippen LogP) is 2.44. The highest BCUT2D eigenvalue weighted by Gasteiger charge is 2.31. The van der Waals surface area contributed by atoms with Crippen LogP contribution in [-0.2, 0) is 6.42 Å². The largest absolute Gasteiger partial charge is 0.396 e. The van der Waals surface area contributed by atoms with Gasteiger partial charge >= 0.3 is 0 Å². The van der Waals surface area contributed by atoms with Gasteiger partial charge in [-0.3, -0.25) is 0 Å². The average molecular weight is 278 g/mol. The first kappa shape index (κ1) is 15.0. The van der Waals surface area contributed by atoms with E-state index in [1.54, 1.807) is 0 Å². The molecule has 20 heavy (non-hydrogen) atoms. The van der Waals surface area contributed by atoms with Crippen LogP contribution >= 0.6 is 0 Å². The quantitative estimate of drug-likeness (QED) is 0.745. The van der Waals surface area contributed by atoms with Crippen molar-refractivity contribution in [1.82, 2.24) is 9.97 Å². The van der Waals surface area contributed by atoms with Crippen molar-refractivity contribution in [2.24, 2.45) is 5.41 Å². The summed E-state index contributed by atoms with van der Waals surface area (Å²) in [5.41, 5.74) is 0.0232. The first-order chi connectivity index (χ1) is 9.71. The molecule has 0 aliphatic heterocycles. The van der Waals surface area contributed by atoms with Crippen LogP contribution in [0, 0.1) is 5.41 Å².